The Balaban J connectivity index is 4.24. The molecule has 0 rings (SSSR count). The standard InChI is InChI=1S/C14H27NO/c1-10(2)6-8-13(11(3)4)9-7-12(5)14(15)16/h7,10-11,13H,6,8-9H2,1-5H3,(H2,15,16)/b12-7+. The van der Waals surface area contributed by atoms with E-state index in [1.807, 2.05) is 6.08 Å². The molecule has 2 heteroatoms. The molecule has 0 bridgehead atoms. The van der Waals surface area contributed by atoms with Crippen LogP contribution in [0.4, 0.5) is 0 Å². The summed E-state index contributed by atoms with van der Waals surface area (Å²) in [6.07, 6.45) is 5.46. The van der Waals surface area contributed by atoms with Gasteiger partial charge in [0.1, 0.15) is 0 Å². The Kier molecular flexibility index (Phi) is 7.11. The molecule has 0 saturated carbocycles. The summed E-state index contributed by atoms with van der Waals surface area (Å²) in [6, 6.07) is 0. The van der Waals surface area contributed by atoms with Gasteiger partial charge in [-0.25, -0.2) is 0 Å². The summed E-state index contributed by atoms with van der Waals surface area (Å²) >= 11 is 0. The van der Waals surface area contributed by atoms with Gasteiger partial charge >= 0.3 is 0 Å². The smallest absolute Gasteiger partial charge is 0.244 e. The van der Waals surface area contributed by atoms with Gasteiger partial charge in [0.05, 0.1) is 0 Å². The van der Waals surface area contributed by atoms with Crippen LogP contribution in [0.25, 0.3) is 0 Å². The second-order valence-electron chi connectivity index (χ2n) is 5.46. The molecule has 1 amide bonds. The lowest BCUT2D eigenvalue weighted by molar-refractivity contribution is -0.114. The van der Waals surface area contributed by atoms with E-state index >= 15 is 0 Å². The Morgan fingerprint density at radius 2 is 1.75 bits per heavy atom. The Morgan fingerprint density at radius 3 is 2.12 bits per heavy atom. The molecule has 0 fully saturated rings. The van der Waals surface area contributed by atoms with E-state index in [4.69, 9.17) is 5.73 Å². The van der Waals surface area contributed by atoms with Crippen molar-refractivity contribution in [1.29, 1.82) is 0 Å². The largest absolute Gasteiger partial charge is 0.366 e. The average molecular weight is 225 g/mol. The molecule has 0 aliphatic carbocycles. The minimum atomic E-state index is -0.300. The van der Waals surface area contributed by atoms with E-state index in [0.29, 0.717) is 17.4 Å². The third-order valence-corrected chi connectivity index (χ3v) is 3.17. The summed E-state index contributed by atoms with van der Waals surface area (Å²) in [5.41, 5.74) is 5.90. The van der Waals surface area contributed by atoms with Crippen LogP contribution in [0, 0.1) is 17.8 Å². The summed E-state index contributed by atoms with van der Waals surface area (Å²) in [5.74, 6) is 1.78. The van der Waals surface area contributed by atoms with Crippen LogP contribution in [0.2, 0.25) is 0 Å². The van der Waals surface area contributed by atoms with E-state index in [2.05, 4.69) is 27.7 Å². The summed E-state index contributed by atoms with van der Waals surface area (Å²) in [7, 11) is 0. The van der Waals surface area contributed by atoms with Crippen LogP contribution in [0.3, 0.4) is 0 Å². The molecule has 0 aliphatic heterocycles. The van der Waals surface area contributed by atoms with Gasteiger partial charge in [0, 0.05) is 5.57 Å². The monoisotopic (exact) mass is 225 g/mol. The first kappa shape index (κ1) is 15.2. The summed E-state index contributed by atoms with van der Waals surface area (Å²) in [5, 5.41) is 0. The lowest BCUT2D eigenvalue weighted by Gasteiger charge is -2.20. The highest BCUT2D eigenvalue weighted by Crippen LogP contribution is 2.24. The van der Waals surface area contributed by atoms with Crippen molar-refractivity contribution in [3.05, 3.63) is 11.6 Å². The number of rotatable bonds is 7. The minimum Gasteiger partial charge on any atom is -0.366 e. The van der Waals surface area contributed by atoms with Gasteiger partial charge in [0.15, 0.2) is 0 Å². The first-order chi connectivity index (χ1) is 7.34. The maximum atomic E-state index is 10.9. The van der Waals surface area contributed by atoms with Crippen molar-refractivity contribution in [2.24, 2.45) is 23.5 Å². The molecule has 1 unspecified atom stereocenters. The van der Waals surface area contributed by atoms with Gasteiger partial charge in [-0.1, -0.05) is 40.2 Å². The van der Waals surface area contributed by atoms with Crippen molar-refractivity contribution in [3.8, 4) is 0 Å². The Hall–Kier alpha value is -0.790. The Morgan fingerprint density at radius 1 is 1.19 bits per heavy atom. The van der Waals surface area contributed by atoms with Crippen molar-refractivity contribution >= 4 is 5.91 Å². The molecule has 0 aromatic heterocycles. The van der Waals surface area contributed by atoms with Gasteiger partial charge in [0.25, 0.3) is 0 Å². The second kappa shape index (κ2) is 7.48. The molecule has 16 heavy (non-hydrogen) atoms. The summed E-state index contributed by atoms with van der Waals surface area (Å²) in [6.45, 7) is 10.8. The zero-order chi connectivity index (χ0) is 12.7. The van der Waals surface area contributed by atoms with E-state index in [9.17, 15) is 4.79 Å². The van der Waals surface area contributed by atoms with Gasteiger partial charge in [0.2, 0.25) is 5.91 Å². The predicted octanol–water partition coefficient (Wildman–Crippen LogP) is 3.52. The highest BCUT2D eigenvalue weighted by Gasteiger charge is 2.13. The Bertz CT molecular complexity index is 241. The number of amides is 1. The maximum Gasteiger partial charge on any atom is 0.244 e. The summed E-state index contributed by atoms with van der Waals surface area (Å²) in [4.78, 5) is 10.9. The lowest BCUT2D eigenvalue weighted by Crippen LogP contribution is -2.13. The van der Waals surface area contributed by atoms with Crippen molar-refractivity contribution < 1.29 is 4.79 Å². The molecular formula is C14H27NO. The van der Waals surface area contributed by atoms with Crippen LogP contribution < -0.4 is 5.73 Å². The highest BCUT2D eigenvalue weighted by molar-refractivity contribution is 5.91. The fourth-order valence-corrected chi connectivity index (χ4v) is 1.70. The van der Waals surface area contributed by atoms with Crippen LogP contribution in [0.1, 0.15) is 53.9 Å². The third kappa shape index (κ3) is 6.65. The fourth-order valence-electron chi connectivity index (χ4n) is 1.70. The van der Waals surface area contributed by atoms with Crippen molar-refractivity contribution in [1.82, 2.24) is 0 Å². The molecule has 0 aliphatic rings. The van der Waals surface area contributed by atoms with Crippen molar-refractivity contribution in [3.63, 3.8) is 0 Å². The average Bonchev–Trinajstić information content (AvgIpc) is 2.15. The van der Waals surface area contributed by atoms with Gasteiger partial charge < -0.3 is 5.73 Å². The molecule has 2 N–H and O–H groups in total. The molecule has 2 nitrogen and oxygen atoms in total. The fraction of sp³-hybridized carbons (Fsp3) is 0.786. The second-order valence-corrected chi connectivity index (χ2v) is 5.46. The molecular weight excluding hydrogens is 198 g/mol. The van der Waals surface area contributed by atoms with Gasteiger partial charge in [-0.3, -0.25) is 4.79 Å². The summed E-state index contributed by atoms with van der Waals surface area (Å²) < 4.78 is 0. The number of hydrogen-bond acceptors (Lipinski definition) is 1. The molecule has 0 heterocycles. The molecule has 1 atom stereocenters. The normalized spacial score (nSPS) is 14.6. The van der Waals surface area contributed by atoms with Gasteiger partial charge in [-0.15, -0.1) is 0 Å². The van der Waals surface area contributed by atoms with Crippen molar-refractivity contribution in [2.45, 2.75) is 53.9 Å². The zero-order valence-electron chi connectivity index (χ0n) is 11.4. The molecule has 0 radical (unpaired) electrons. The lowest BCUT2D eigenvalue weighted by atomic mass is 9.86. The van der Waals surface area contributed by atoms with Gasteiger partial charge in [-0.2, -0.15) is 0 Å². The zero-order valence-corrected chi connectivity index (χ0v) is 11.4. The molecule has 0 spiro atoms. The number of allylic oxidation sites excluding steroid dienone is 1. The van der Waals surface area contributed by atoms with E-state index in [-0.39, 0.29) is 5.91 Å². The quantitative estimate of drug-likeness (QED) is 0.662. The topological polar surface area (TPSA) is 43.1 Å². The Labute approximate surface area is 100 Å². The number of hydrogen-bond donors (Lipinski definition) is 1. The van der Waals surface area contributed by atoms with Gasteiger partial charge in [-0.05, 0) is 37.5 Å². The van der Waals surface area contributed by atoms with E-state index in [1.54, 1.807) is 6.92 Å². The number of primary amides is 1. The highest BCUT2D eigenvalue weighted by atomic mass is 16.1. The SMILES string of the molecule is C/C(=C\CC(CCC(C)C)C(C)C)C(N)=O. The first-order valence-electron chi connectivity index (χ1n) is 6.31. The third-order valence-electron chi connectivity index (χ3n) is 3.17. The molecule has 0 saturated heterocycles. The minimum absolute atomic E-state index is 0.300. The van der Waals surface area contributed by atoms with Crippen molar-refractivity contribution in [2.75, 3.05) is 0 Å². The number of nitrogens with two attached hydrogens (primary N) is 1. The van der Waals surface area contributed by atoms with Crippen LogP contribution in [-0.2, 0) is 4.79 Å². The maximum absolute atomic E-state index is 10.9. The van der Waals surface area contributed by atoms with Crippen LogP contribution >= 0.6 is 0 Å². The van der Waals surface area contributed by atoms with Crippen LogP contribution in [-0.4, -0.2) is 5.91 Å². The first-order valence-corrected chi connectivity index (χ1v) is 6.31. The van der Waals surface area contributed by atoms with E-state index < -0.39 is 0 Å². The van der Waals surface area contributed by atoms with Crippen LogP contribution in [0.15, 0.2) is 11.6 Å². The van der Waals surface area contributed by atoms with E-state index in [0.717, 1.165) is 12.3 Å². The van der Waals surface area contributed by atoms with Crippen LogP contribution in [0.5, 0.6) is 0 Å². The predicted molar refractivity (Wildman–Crippen MR) is 70.0 cm³/mol. The van der Waals surface area contributed by atoms with E-state index in [1.165, 1.54) is 12.8 Å². The number of carbonyl (C=O) groups is 1. The molecule has 0 aromatic carbocycles. The molecule has 94 valence electrons. The number of carbonyl (C=O) groups excluding carboxylic acids is 1. The molecule has 0 aromatic rings.